The summed E-state index contributed by atoms with van der Waals surface area (Å²) in [6.07, 6.45) is 7.43. The molecule has 8 rings (SSSR count). The van der Waals surface area contributed by atoms with Gasteiger partial charge in [0.05, 0.1) is 30.7 Å². The van der Waals surface area contributed by atoms with E-state index in [1.807, 2.05) is 17.0 Å². The summed E-state index contributed by atoms with van der Waals surface area (Å²) in [7, 11) is 0. The van der Waals surface area contributed by atoms with Crippen molar-refractivity contribution in [3.05, 3.63) is 66.5 Å². The van der Waals surface area contributed by atoms with Crippen LogP contribution in [-0.4, -0.2) is 86.0 Å². The second-order valence-electron chi connectivity index (χ2n) is 14.0. The molecule has 0 bridgehead atoms. The number of nitrogens with one attached hydrogen (secondary N) is 1. The lowest BCUT2D eigenvalue weighted by atomic mass is 9.80. The number of fused-ring (bicyclic) bond motifs is 1. The number of likely N-dealkylation sites (tertiary alicyclic amines) is 1. The van der Waals surface area contributed by atoms with Crippen LogP contribution >= 0.6 is 0 Å². The SMILES string of the molecule is Nc1nnc(-c2ccccc2O)cc1-c1cnn(C2CCN(C3CCC(c4cccc5c4OCCN5[C@@H]4CCC(=O)NC4=O)CC3)CC2(F)F)c1. The first kappa shape index (κ1) is 33.1. The van der Waals surface area contributed by atoms with Crippen LogP contribution in [0.5, 0.6) is 11.5 Å². The second kappa shape index (κ2) is 13.2. The molecule has 2 amide bonds. The third kappa shape index (κ3) is 6.26. The number of aromatic nitrogens is 4. The Hall–Kier alpha value is -5.11. The lowest BCUT2D eigenvalue weighted by Gasteiger charge is -2.44. The number of ether oxygens (including phenoxy) is 1. The molecule has 266 valence electrons. The number of benzene rings is 2. The van der Waals surface area contributed by atoms with Gasteiger partial charge in [0.25, 0.3) is 5.92 Å². The van der Waals surface area contributed by atoms with Crippen molar-refractivity contribution in [3.8, 4) is 33.9 Å². The number of para-hydroxylation sites is 2. The number of anilines is 2. The van der Waals surface area contributed by atoms with Crippen molar-refractivity contribution in [1.82, 2.24) is 30.2 Å². The number of amides is 2. The molecule has 2 atom stereocenters. The fraction of sp³-hybridized carbons (Fsp3) is 0.432. The maximum Gasteiger partial charge on any atom is 0.282 e. The minimum atomic E-state index is -3.01. The van der Waals surface area contributed by atoms with Crippen molar-refractivity contribution >= 4 is 23.3 Å². The summed E-state index contributed by atoms with van der Waals surface area (Å²) >= 11 is 0. The predicted molar refractivity (Wildman–Crippen MR) is 185 cm³/mol. The molecule has 4 aliphatic rings. The maximum atomic E-state index is 15.9. The van der Waals surface area contributed by atoms with Gasteiger partial charge in [-0.05, 0) is 74.3 Å². The summed E-state index contributed by atoms with van der Waals surface area (Å²) in [5.74, 6) is -2.31. The normalized spacial score (nSPS) is 25.2. The van der Waals surface area contributed by atoms with Crippen LogP contribution in [0.2, 0.25) is 0 Å². The number of carbonyl (C=O) groups is 2. The van der Waals surface area contributed by atoms with Crippen molar-refractivity contribution in [2.75, 3.05) is 36.9 Å². The average Bonchev–Trinajstić information content (AvgIpc) is 3.61. The standard InChI is InChI=1S/C37H40F2N8O4/c38-37(39)21-45(15-14-32(37)47-20-23(19-41-47)27-18-28(43-44-35(27)40)26-4-1-2-7-31(26)48)24-10-8-22(9-11-24)25-5-3-6-29-34(25)51-17-16-46(29)30-12-13-33(49)42-36(30)50/h1-7,18-20,22,24,30,32,48H,8-17,21H2,(H2,40,44)(H,42,49,50)/t22?,24?,30-,32?/m1/s1. The molecule has 3 aliphatic heterocycles. The molecule has 4 N–H and O–H groups in total. The number of nitrogens with zero attached hydrogens (tertiary/aromatic N) is 6. The molecule has 4 aromatic rings. The van der Waals surface area contributed by atoms with Crippen molar-refractivity contribution in [2.45, 2.75) is 74.9 Å². The molecular formula is C37H40F2N8O4. The Labute approximate surface area is 293 Å². The Bertz CT molecular complexity index is 1960. The van der Waals surface area contributed by atoms with Gasteiger partial charge in [0.15, 0.2) is 5.82 Å². The number of aromatic hydroxyl groups is 1. The van der Waals surface area contributed by atoms with E-state index in [9.17, 15) is 14.7 Å². The molecule has 2 aromatic heterocycles. The maximum absolute atomic E-state index is 15.9. The van der Waals surface area contributed by atoms with Crippen LogP contribution in [0.4, 0.5) is 20.3 Å². The molecule has 0 spiro atoms. The van der Waals surface area contributed by atoms with Crippen LogP contribution < -0.4 is 20.7 Å². The van der Waals surface area contributed by atoms with Crippen LogP contribution in [0.3, 0.4) is 0 Å². The molecule has 3 fully saturated rings. The summed E-state index contributed by atoms with van der Waals surface area (Å²) in [6, 6.07) is 13.0. The zero-order chi connectivity index (χ0) is 35.3. The first-order chi connectivity index (χ1) is 24.7. The monoisotopic (exact) mass is 698 g/mol. The van der Waals surface area contributed by atoms with Gasteiger partial charge in [0.1, 0.15) is 30.2 Å². The van der Waals surface area contributed by atoms with Gasteiger partial charge >= 0.3 is 0 Å². The van der Waals surface area contributed by atoms with E-state index in [0.717, 1.165) is 42.7 Å². The highest BCUT2D eigenvalue weighted by atomic mass is 19.3. The molecule has 1 aliphatic carbocycles. The predicted octanol–water partition coefficient (Wildman–Crippen LogP) is 4.91. The molecule has 2 saturated heterocycles. The topological polar surface area (TPSA) is 152 Å². The number of nitrogen functional groups attached to an aromatic ring is 1. The van der Waals surface area contributed by atoms with E-state index in [1.54, 1.807) is 36.5 Å². The number of hydrogen-bond acceptors (Lipinski definition) is 10. The van der Waals surface area contributed by atoms with E-state index >= 15 is 8.78 Å². The Morgan fingerprint density at radius 3 is 2.57 bits per heavy atom. The number of phenolic OH excluding ortho intramolecular Hbond substituents is 1. The number of halogens is 2. The highest BCUT2D eigenvalue weighted by Gasteiger charge is 2.48. The van der Waals surface area contributed by atoms with E-state index in [-0.39, 0.29) is 48.3 Å². The summed E-state index contributed by atoms with van der Waals surface area (Å²) in [5, 5.41) is 25.3. The number of hydrogen-bond donors (Lipinski definition) is 3. The Kier molecular flexibility index (Phi) is 8.57. The Morgan fingerprint density at radius 2 is 1.78 bits per heavy atom. The number of alkyl halides is 2. The van der Waals surface area contributed by atoms with Crippen LogP contribution in [0.15, 0.2) is 60.9 Å². The largest absolute Gasteiger partial charge is 0.507 e. The van der Waals surface area contributed by atoms with Crippen LogP contribution in [0.25, 0.3) is 22.4 Å². The fourth-order valence-corrected chi connectivity index (χ4v) is 8.36. The third-order valence-electron chi connectivity index (χ3n) is 11.0. The van der Waals surface area contributed by atoms with Gasteiger partial charge in [0, 0.05) is 41.9 Å². The number of imide groups is 1. The van der Waals surface area contributed by atoms with Gasteiger partial charge in [-0.1, -0.05) is 24.3 Å². The molecule has 1 saturated carbocycles. The average molecular weight is 699 g/mol. The number of phenols is 1. The molecule has 1 unspecified atom stereocenters. The summed E-state index contributed by atoms with van der Waals surface area (Å²) in [5.41, 5.74) is 10.1. The van der Waals surface area contributed by atoms with E-state index in [4.69, 9.17) is 10.5 Å². The van der Waals surface area contributed by atoms with E-state index in [0.29, 0.717) is 54.9 Å². The lowest BCUT2D eigenvalue weighted by Crippen LogP contribution is -2.54. The van der Waals surface area contributed by atoms with E-state index < -0.39 is 18.0 Å². The number of nitrogens with two attached hydrogens (primary N) is 1. The van der Waals surface area contributed by atoms with Gasteiger partial charge in [0.2, 0.25) is 11.8 Å². The molecular weight excluding hydrogens is 658 g/mol. The van der Waals surface area contributed by atoms with Crippen molar-refractivity contribution in [1.29, 1.82) is 0 Å². The molecule has 14 heteroatoms. The van der Waals surface area contributed by atoms with Crippen molar-refractivity contribution in [3.63, 3.8) is 0 Å². The second-order valence-corrected chi connectivity index (χ2v) is 14.0. The summed E-state index contributed by atoms with van der Waals surface area (Å²) in [6.45, 7) is 1.20. The molecule has 5 heterocycles. The Balaban J connectivity index is 0.922. The third-order valence-corrected chi connectivity index (χ3v) is 11.0. The van der Waals surface area contributed by atoms with Crippen molar-refractivity contribution in [2.24, 2.45) is 0 Å². The van der Waals surface area contributed by atoms with Gasteiger partial charge in [-0.2, -0.15) is 5.10 Å². The minimum absolute atomic E-state index is 0.0458. The highest BCUT2D eigenvalue weighted by molar-refractivity contribution is 6.02. The van der Waals surface area contributed by atoms with E-state index in [1.165, 1.54) is 10.9 Å². The first-order valence-corrected chi connectivity index (χ1v) is 17.6. The van der Waals surface area contributed by atoms with Gasteiger partial charge in [-0.3, -0.25) is 24.5 Å². The van der Waals surface area contributed by atoms with Crippen LogP contribution in [-0.2, 0) is 9.59 Å². The first-order valence-electron chi connectivity index (χ1n) is 17.6. The van der Waals surface area contributed by atoms with Crippen molar-refractivity contribution < 1.29 is 28.2 Å². The molecule has 2 aromatic carbocycles. The van der Waals surface area contributed by atoms with Crippen LogP contribution in [0.1, 0.15) is 62.5 Å². The summed E-state index contributed by atoms with van der Waals surface area (Å²) < 4.78 is 39.4. The highest BCUT2D eigenvalue weighted by Crippen LogP contribution is 2.46. The lowest BCUT2D eigenvalue weighted by molar-refractivity contribution is -0.134. The smallest absolute Gasteiger partial charge is 0.282 e. The number of rotatable bonds is 6. The van der Waals surface area contributed by atoms with Gasteiger partial charge in [-0.25, -0.2) is 8.78 Å². The summed E-state index contributed by atoms with van der Waals surface area (Å²) in [4.78, 5) is 28.4. The molecule has 12 nitrogen and oxygen atoms in total. The number of piperidine rings is 2. The molecule has 0 radical (unpaired) electrons. The Morgan fingerprint density at radius 1 is 0.961 bits per heavy atom. The minimum Gasteiger partial charge on any atom is -0.507 e. The zero-order valence-corrected chi connectivity index (χ0v) is 28.0. The van der Waals surface area contributed by atoms with Gasteiger partial charge < -0.3 is 20.5 Å². The van der Waals surface area contributed by atoms with E-state index in [2.05, 4.69) is 31.6 Å². The zero-order valence-electron chi connectivity index (χ0n) is 28.0. The fourth-order valence-electron chi connectivity index (χ4n) is 8.36. The number of carbonyl (C=O) groups excluding carboxylic acids is 2. The quantitative estimate of drug-likeness (QED) is 0.237. The molecule has 51 heavy (non-hydrogen) atoms. The van der Waals surface area contributed by atoms with Gasteiger partial charge in [-0.15, -0.1) is 10.2 Å². The van der Waals surface area contributed by atoms with Crippen LogP contribution in [0, 0.1) is 0 Å².